The number of aromatic carboxylic acids is 1. The van der Waals surface area contributed by atoms with Gasteiger partial charge < -0.3 is 19.7 Å². The predicted octanol–water partition coefficient (Wildman–Crippen LogP) is 4.19. The Hall–Kier alpha value is -5.36. The Morgan fingerprint density at radius 3 is 2.67 bits per heavy atom. The van der Waals surface area contributed by atoms with Crippen LogP contribution < -0.4 is 5.32 Å². The second-order valence-corrected chi connectivity index (χ2v) is 10.0. The molecule has 0 saturated carbocycles. The summed E-state index contributed by atoms with van der Waals surface area (Å²) in [7, 11) is 0. The molecule has 12 nitrogen and oxygen atoms in total. The van der Waals surface area contributed by atoms with Crippen molar-refractivity contribution in [2.75, 3.05) is 11.9 Å². The van der Waals surface area contributed by atoms with Crippen LogP contribution in [0.1, 0.15) is 34.0 Å². The van der Waals surface area contributed by atoms with Crippen LogP contribution in [-0.4, -0.2) is 65.6 Å². The van der Waals surface area contributed by atoms with Gasteiger partial charge in [0.15, 0.2) is 0 Å². The van der Waals surface area contributed by atoms with Gasteiger partial charge in [-0.15, -0.1) is 5.10 Å². The number of carbonyl (C=O) groups excluding carboxylic acids is 2. The minimum atomic E-state index is -1.19. The molecule has 0 radical (unpaired) electrons. The molecule has 0 spiro atoms. The largest absolute Gasteiger partial charge is 0.475 e. The van der Waals surface area contributed by atoms with Crippen LogP contribution in [0, 0.1) is 0 Å². The van der Waals surface area contributed by atoms with Gasteiger partial charge in [0.05, 0.1) is 5.69 Å². The van der Waals surface area contributed by atoms with Crippen molar-refractivity contribution in [2.24, 2.45) is 0 Å². The molecule has 3 aromatic heterocycles. The van der Waals surface area contributed by atoms with Gasteiger partial charge in [0.1, 0.15) is 18.0 Å². The van der Waals surface area contributed by atoms with Gasteiger partial charge in [-0.25, -0.2) is 4.79 Å². The second-order valence-electron chi connectivity index (χ2n) is 9.60. The molecule has 2 amide bonds. The van der Waals surface area contributed by atoms with E-state index >= 15 is 0 Å². The first-order valence-corrected chi connectivity index (χ1v) is 13.2. The number of benzene rings is 2. The van der Waals surface area contributed by atoms with E-state index in [1.54, 1.807) is 54.9 Å². The summed E-state index contributed by atoms with van der Waals surface area (Å²) >= 11 is 6.22. The maximum absolute atomic E-state index is 13.8. The summed E-state index contributed by atoms with van der Waals surface area (Å²) in [6, 6.07) is 14.2. The molecule has 42 heavy (non-hydrogen) atoms. The fourth-order valence-corrected chi connectivity index (χ4v) is 5.34. The summed E-state index contributed by atoms with van der Waals surface area (Å²) in [5.41, 5.74) is 2.95. The lowest BCUT2D eigenvalue weighted by atomic mass is 9.91. The normalized spacial score (nSPS) is 16.7. The first-order valence-electron chi connectivity index (χ1n) is 12.9. The van der Waals surface area contributed by atoms with Crippen LogP contribution in [-0.2, 0) is 9.59 Å². The quantitative estimate of drug-likeness (QED) is 0.268. The molecule has 2 aromatic carbocycles. The maximum atomic E-state index is 13.8. The van der Waals surface area contributed by atoms with Crippen molar-refractivity contribution in [3.8, 4) is 5.69 Å². The number of likely N-dealkylation sites (tertiary alicyclic amines) is 1. The number of carboxylic acid groups (broad SMARTS) is 1. The lowest BCUT2D eigenvalue weighted by molar-refractivity contribution is -0.133. The molecule has 2 N–H and O–H groups in total. The number of pyridine rings is 1. The number of hydrogen-bond acceptors (Lipinski definition) is 8. The van der Waals surface area contributed by atoms with Crippen molar-refractivity contribution < 1.29 is 23.9 Å². The summed E-state index contributed by atoms with van der Waals surface area (Å²) in [4.78, 5) is 44.3. The molecule has 1 aliphatic heterocycles. The standard InChI is InChI=1S/C29H22ClN7O5/c30-20-2-4-23(37-16-32-34-35-37)18(13-20)1-6-26(38)36-12-9-22(17-7-10-31-11-8-17)27(36)28(39)33-21-3-5-24-19(14-21)15-25(42-24)29(40)41/h1-8,10-11,13-16,22,27H,9,12H2,(H,33,39)(H,40,41)/b6-1+/t22-,27+/m1/s1. The number of amides is 2. The molecule has 1 aliphatic rings. The molecule has 1 saturated heterocycles. The van der Waals surface area contributed by atoms with Crippen LogP contribution in [0.5, 0.6) is 0 Å². The molecule has 5 aromatic rings. The van der Waals surface area contributed by atoms with E-state index in [4.69, 9.17) is 16.0 Å². The van der Waals surface area contributed by atoms with E-state index in [9.17, 15) is 19.5 Å². The number of rotatable bonds is 7. The van der Waals surface area contributed by atoms with Crippen molar-refractivity contribution in [1.82, 2.24) is 30.1 Å². The number of tetrazole rings is 1. The van der Waals surface area contributed by atoms with Crippen molar-refractivity contribution in [3.05, 3.63) is 101 Å². The molecule has 4 heterocycles. The van der Waals surface area contributed by atoms with E-state index in [0.717, 1.165) is 5.56 Å². The molecule has 0 aliphatic carbocycles. The summed E-state index contributed by atoms with van der Waals surface area (Å²) < 4.78 is 6.78. The van der Waals surface area contributed by atoms with E-state index < -0.39 is 12.0 Å². The molecule has 2 atom stereocenters. The third kappa shape index (κ3) is 5.34. The smallest absolute Gasteiger partial charge is 0.371 e. The number of aromatic nitrogens is 5. The van der Waals surface area contributed by atoms with Crippen LogP contribution in [0.25, 0.3) is 22.7 Å². The average Bonchev–Trinajstić information content (AvgIpc) is 3.76. The molecule has 0 bridgehead atoms. The van der Waals surface area contributed by atoms with E-state index in [1.165, 1.54) is 28.1 Å². The van der Waals surface area contributed by atoms with Gasteiger partial charge in [-0.3, -0.25) is 14.6 Å². The van der Waals surface area contributed by atoms with E-state index in [-0.39, 0.29) is 23.5 Å². The highest BCUT2D eigenvalue weighted by atomic mass is 35.5. The number of nitrogens with one attached hydrogen (secondary N) is 1. The summed E-state index contributed by atoms with van der Waals surface area (Å²) in [6.07, 6.45) is 8.33. The number of carboxylic acids is 1. The lowest BCUT2D eigenvalue weighted by Crippen LogP contribution is -2.44. The molecule has 13 heteroatoms. The monoisotopic (exact) mass is 583 g/mol. The minimum Gasteiger partial charge on any atom is -0.475 e. The fraction of sp³-hybridized carbons (Fsp3) is 0.138. The summed E-state index contributed by atoms with van der Waals surface area (Å²) in [5.74, 6) is -2.40. The first-order chi connectivity index (χ1) is 20.4. The van der Waals surface area contributed by atoms with Gasteiger partial charge in [-0.05, 0) is 83.1 Å². The highest BCUT2D eigenvalue weighted by molar-refractivity contribution is 6.30. The van der Waals surface area contributed by atoms with Crippen LogP contribution in [0.15, 0.2) is 83.8 Å². The van der Waals surface area contributed by atoms with Gasteiger partial charge in [-0.1, -0.05) is 11.6 Å². The Kier molecular flexibility index (Phi) is 7.19. The molecule has 6 rings (SSSR count). The molecule has 0 unspecified atom stereocenters. The number of carbonyl (C=O) groups is 3. The lowest BCUT2D eigenvalue weighted by Gasteiger charge is -2.27. The highest BCUT2D eigenvalue weighted by Gasteiger charge is 2.42. The Morgan fingerprint density at radius 2 is 1.90 bits per heavy atom. The Balaban J connectivity index is 1.29. The van der Waals surface area contributed by atoms with Gasteiger partial charge in [0.2, 0.25) is 17.6 Å². The van der Waals surface area contributed by atoms with Crippen molar-refractivity contribution in [2.45, 2.75) is 18.4 Å². The van der Waals surface area contributed by atoms with Crippen molar-refractivity contribution >= 4 is 52.1 Å². The Bertz CT molecular complexity index is 1820. The van der Waals surface area contributed by atoms with E-state index in [0.29, 0.717) is 45.9 Å². The van der Waals surface area contributed by atoms with Crippen LogP contribution >= 0.6 is 11.6 Å². The van der Waals surface area contributed by atoms with Crippen molar-refractivity contribution in [1.29, 1.82) is 0 Å². The van der Waals surface area contributed by atoms with Gasteiger partial charge >= 0.3 is 5.97 Å². The average molecular weight is 584 g/mol. The number of furan rings is 1. The number of halogens is 1. The predicted molar refractivity (Wildman–Crippen MR) is 152 cm³/mol. The molecular formula is C29H22ClN7O5. The van der Waals surface area contributed by atoms with E-state index in [2.05, 4.69) is 25.8 Å². The third-order valence-electron chi connectivity index (χ3n) is 7.07. The van der Waals surface area contributed by atoms with Crippen LogP contribution in [0.4, 0.5) is 5.69 Å². The first kappa shape index (κ1) is 26.8. The van der Waals surface area contributed by atoms with Crippen LogP contribution in [0.2, 0.25) is 5.02 Å². The maximum Gasteiger partial charge on any atom is 0.371 e. The highest BCUT2D eigenvalue weighted by Crippen LogP contribution is 2.35. The SMILES string of the molecule is O=C(O)c1cc2cc(NC(=O)[C@@H]3[C@@H](c4ccncc4)CCN3C(=O)/C=C/c3cc(Cl)ccc3-n3cnnn3)ccc2o1. The van der Waals surface area contributed by atoms with Gasteiger partial charge in [0, 0.05) is 52.6 Å². The minimum absolute atomic E-state index is 0.200. The zero-order chi connectivity index (χ0) is 29.2. The molecule has 1 fully saturated rings. The zero-order valence-corrected chi connectivity index (χ0v) is 22.5. The topological polar surface area (TPSA) is 156 Å². The number of nitrogens with zero attached hydrogens (tertiary/aromatic N) is 6. The Labute approximate surface area is 243 Å². The van der Waals surface area contributed by atoms with Crippen LogP contribution in [0.3, 0.4) is 0 Å². The summed E-state index contributed by atoms with van der Waals surface area (Å²) in [5, 5.41) is 24.4. The number of anilines is 1. The number of fused-ring (bicyclic) bond motifs is 1. The van der Waals surface area contributed by atoms with Crippen molar-refractivity contribution in [3.63, 3.8) is 0 Å². The van der Waals surface area contributed by atoms with Gasteiger partial charge in [0.25, 0.3) is 0 Å². The zero-order valence-electron chi connectivity index (χ0n) is 21.8. The summed E-state index contributed by atoms with van der Waals surface area (Å²) in [6.45, 7) is 0.354. The molecular weight excluding hydrogens is 562 g/mol. The van der Waals surface area contributed by atoms with Gasteiger partial charge in [-0.2, -0.15) is 4.68 Å². The fourth-order valence-electron chi connectivity index (χ4n) is 5.16. The molecule has 210 valence electrons. The number of hydrogen-bond donors (Lipinski definition) is 2. The Morgan fingerprint density at radius 1 is 1.07 bits per heavy atom. The second kappa shape index (κ2) is 11.3. The third-order valence-corrected chi connectivity index (χ3v) is 7.30. The van der Waals surface area contributed by atoms with E-state index in [1.807, 2.05) is 12.1 Å².